The van der Waals surface area contributed by atoms with Gasteiger partial charge in [-0.2, -0.15) is 0 Å². The fourth-order valence-electron chi connectivity index (χ4n) is 1.48. The van der Waals surface area contributed by atoms with Crippen molar-refractivity contribution in [1.82, 2.24) is 0 Å². The highest BCUT2D eigenvalue weighted by atomic mass is 14.2. The van der Waals surface area contributed by atoms with Gasteiger partial charge in [-0.15, -0.1) is 6.42 Å². The van der Waals surface area contributed by atoms with E-state index in [1.165, 1.54) is 5.56 Å². The third-order valence-corrected chi connectivity index (χ3v) is 2.21. The van der Waals surface area contributed by atoms with Crippen LogP contribution in [0.25, 0.3) is 0 Å². The minimum atomic E-state index is 0.0641. The number of hydrogen-bond donors (Lipinski definition) is 0. The van der Waals surface area contributed by atoms with Gasteiger partial charge in [0, 0.05) is 5.56 Å². The second-order valence-corrected chi connectivity index (χ2v) is 4.30. The molecule has 0 unspecified atom stereocenters. The molecule has 0 aliphatic carbocycles. The van der Waals surface area contributed by atoms with Crippen LogP contribution in [0, 0.1) is 18.4 Å². The van der Waals surface area contributed by atoms with Gasteiger partial charge < -0.3 is 0 Å². The fourth-order valence-corrected chi connectivity index (χ4v) is 1.48. The van der Waals surface area contributed by atoms with Crippen molar-refractivity contribution in [1.29, 1.82) is 0 Å². The molecule has 0 heterocycles. The van der Waals surface area contributed by atoms with Crippen LogP contribution in [0.15, 0.2) is 24.8 Å². The maximum Gasteiger partial charge on any atom is 0.0358 e. The molecular weight excluding hydrogens is 168 g/mol. The van der Waals surface area contributed by atoms with Crippen LogP contribution in [0.3, 0.4) is 0 Å². The predicted octanol–water partition coefficient (Wildman–Crippen LogP) is 3.30. The molecule has 0 nitrogen and oxygen atoms in total. The van der Waals surface area contributed by atoms with Crippen LogP contribution in [0.4, 0.5) is 0 Å². The number of rotatable bonds is 1. The lowest BCUT2D eigenvalue weighted by molar-refractivity contribution is 0.588. The lowest BCUT2D eigenvalue weighted by Crippen LogP contribution is -2.13. The summed E-state index contributed by atoms with van der Waals surface area (Å²) in [6, 6.07) is 6.00. The average molecular weight is 183 g/mol. The Labute approximate surface area is 86.7 Å². The highest BCUT2D eigenvalue weighted by Gasteiger charge is 2.17. The molecule has 0 saturated carbocycles. The smallest absolute Gasteiger partial charge is 0.0358 e. The quantitative estimate of drug-likeness (QED) is 0.586. The van der Waals surface area contributed by atoms with Crippen molar-refractivity contribution in [3.63, 3.8) is 0 Å². The van der Waals surface area contributed by atoms with E-state index in [1.54, 1.807) is 0 Å². The summed E-state index contributed by atoms with van der Waals surface area (Å²) in [7, 11) is 0. The first kappa shape index (κ1) is 10.6. The molecule has 0 bridgehead atoms. The van der Waals surface area contributed by atoms with Crippen LogP contribution in [-0.4, -0.2) is 0 Å². The fraction of sp³-hybridized carbons (Fsp3) is 0.286. The van der Waals surface area contributed by atoms with E-state index >= 15 is 0 Å². The van der Waals surface area contributed by atoms with Crippen molar-refractivity contribution in [3.05, 3.63) is 47.5 Å². The predicted molar refractivity (Wildman–Crippen MR) is 61.0 cm³/mol. The minimum Gasteiger partial charge on any atom is -0.115 e. The maximum atomic E-state index is 5.51. The van der Waals surface area contributed by atoms with E-state index < -0.39 is 0 Å². The molecule has 14 heavy (non-hydrogen) atoms. The SMILES string of the molecule is C#Cc1c([C]=C)cccc1C(C)(C)C. The Morgan fingerprint density at radius 3 is 2.36 bits per heavy atom. The van der Waals surface area contributed by atoms with Crippen molar-refractivity contribution in [2.45, 2.75) is 26.2 Å². The van der Waals surface area contributed by atoms with Crippen molar-refractivity contribution < 1.29 is 0 Å². The van der Waals surface area contributed by atoms with E-state index in [0.29, 0.717) is 0 Å². The second kappa shape index (κ2) is 3.72. The Hall–Kier alpha value is -1.48. The molecule has 0 heteroatoms. The van der Waals surface area contributed by atoms with Gasteiger partial charge in [-0.05, 0) is 22.6 Å². The molecule has 0 amide bonds. The van der Waals surface area contributed by atoms with Gasteiger partial charge in [-0.3, -0.25) is 0 Å². The summed E-state index contributed by atoms with van der Waals surface area (Å²) in [6.07, 6.45) is 8.37. The van der Waals surface area contributed by atoms with Gasteiger partial charge in [0.05, 0.1) is 0 Å². The summed E-state index contributed by atoms with van der Waals surface area (Å²) in [5, 5.41) is 0. The van der Waals surface area contributed by atoms with Gasteiger partial charge in [0.1, 0.15) is 0 Å². The standard InChI is InChI=1S/C14H15/c1-6-11-9-8-10-13(12(11)7-2)14(3,4)5/h2,8-10H,1H2,3-5H3. The van der Waals surface area contributed by atoms with Gasteiger partial charge >= 0.3 is 0 Å². The Morgan fingerprint density at radius 1 is 1.29 bits per heavy atom. The van der Waals surface area contributed by atoms with Gasteiger partial charge in [-0.1, -0.05) is 51.5 Å². The van der Waals surface area contributed by atoms with Crippen LogP contribution in [0.1, 0.15) is 37.5 Å². The Morgan fingerprint density at radius 2 is 1.93 bits per heavy atom. The molecule has 1 aromatic rings. The third kappa shape index (κ3) is 1.88. The van der Waals surface area contributed by atoms with Crippen LogP contribution in [-0.2, 0) is 5.41 Å². The maximum absolute atomic E-state index is 5.51. The minimum absolute atomic E-state index is 0.0641. The molecule has 0 aliphatic heterocycles. The largest absolute Gasteiger partial charge is 0.115 e. The lowest BCUT2D eigenvalue weighted by atomic mass is 9.82. The molecule has 0 N–H and O–H groups in total. The summed E-state index contributed by atoms with van der Waals surface area (Å²) in [5.74, 6) is 2.72. The summed E-state index contributed by atoms with van der Waals surface area (Å²) >= 11 is 0. The first-order valence-corrected chi connectivity index (χ1v) is 4.64. The zero-order valence-corrected chi connectivity index (χ0v) is 9.02. The van der Waals surface area contributed by atoms with Gasteiger partial charge in [0.15, 0.2) is 0 Å². The van der Waals surface area contributed by atoms with Crippen molar-refractivity contribution in [2.75, 3.05) is 0 Å². The molecule has 1 rings (SSSR count). The van der Waals surface area contributed by atoms with Crippen molar-refractivity contribution >= 4 is 0 Å². The van der Waals surface area contributed by atoms with Crippen LogP contribution in [0.2, 0.25) is 0 Å². The van der Waals surface area contributed by atoms with Crippen LogP contribution in [0.5, 0.6) is 0 Å². The Kier molecular flexibility index (Phi) is 2.81. The molecule has 0 saturated heterocycles. The first-order valence-electron chi connectivity index (χ1n) is 4.64. The lowest BCUT2D eigenvalue weighted by Gasteiger charge is -2.21. The summed E-state index contributed by atoms with van der Waals surface area (Å²) in [4.78, 5) is 0. The normalized spacial score (nSPS) is 10.7. The van der Waals surface area contributed by atoms with E-state index in [9.17, 15) is 0 Å². The zero-order valence-electron chi connectivity index (χ0n) is 9.02. The first-order chi connectivity index (χ1) is 6.50. The topological polar surface area (TPSA) is 0 Å². The van der Waals surface area contributed by atoms with E-state index in [2.05, 4.69) is 45.4 Å². The zero-order chi connectivity index (χ0) is 10.8. The average Bonchev–Trinajstić information content (AvgIpc) is 2.15. The van der Waals surface area contributed by atoms with E-state index in [0.717, 1.165) is 11.1 Å². The molecule has 0 spiro atoms. The van der Waals surface area contributed by atoms with Crippen LogP contribution >= 0.6 is 0 Å². The Bertz CT molecular complexity index is 383. The molecule has 0 aromatic heterocycles. The van der Waals surface area contributed by atoms with Crippen molar-refractivity contribution in [2.24, 2.45) is 0 Å². The molecule has 0 aliphatic rings. The monoisotopic (exact) mass is 183 g/mol. The van der Waals surface area contributed by atoms with Gasteiger partial charge in [0.25, 0.3) is 0 Å². The molecular formula is C14H15. The summed E-state index contributed by atoms with van der Waals surface area (Å²) < 4.78 is 0. The Balaban J connectivity index is 3.47. The number of terminal acetylenes is 1. The molecule has 0 fully saturated rings. The highest BCUT2D eigenvalue weighted by Crippen LogP contribution is 2.27. The number of hydrogen-bond acceptors (Lipinski definition) is 0. The van der Waals surface area contributed by atoms with E-state index in [1.807, 2.05) is 12.1 Å². The molecule has 0 atom stereocenters. The van der Waals surface area contributed by atoms with E-state index in [4.69, 9.17) is 6.42 Å². The molecule has 1 aromatic carbocycles. The van der Waals surface area contributed by atoms with Gasteiger partial charge in [0.2, 0.25) is 0 Å². The van der Waals surface area contributed by atoms with Crippen LogP contribution < -0.4 is 0 Å². The molecule has 71 valence electrons. The van der Waals surface area contributed by atoms with Gasteiger partial charge in [-0.25, -0.2) is 0 Å². The van der Waals surface area contributed by atoms with E-state index in [-0.39, 0.29) is 5.41 Å². The number of benzene rings is 1. The second-order valence-electron chi connectivity index (χ2n) is 4.30. The highest BCUT2D eigenvalue weighted by molar-refractivity contribution is 5.51. The summed E-state index contributed by atoms with van der Waals surface area (Å²) in [6.45, 7) is 10.1. The third-order valence-electron chi connectivity index (χ3n) is 2.21. The summed E-state index contributed by atoms with van der Waals surface area (Å²) in [5.41, 5.74) is 3.07. The molecule has 1 radical (unpaired) electrons. The van der Waals surface area contributed by atoms with Crippen molar-refractivity contribution in [3.8, 4) is 12.3 Å².